The first-order valence-electron chi connectivity index (χ1n) is 7.35. The van der Waals surface area contributed by atoms with Crippen molar-refractivity contribution in [3.63, 3.8) is 0 Å². The summed E-state index contributed by atoms with van der Waals surface area (Å²) >= 11 is 1.97. The zero-order chi connectivity index (χ0) is 11.5. The molecule has 1 aliphatic heterocycles. The minimum Gasteiger partial charge on any atom is -0.362 e. The van der Waals surface area contributed by atoms with Crippen molar-refractivity contribution < 1.29 is 0 Å². The Bertz CT molecular complexity index is 284. The fourth-order valence-corrected chi connectivity index (χ4v) is 4.66. The van der Waals surface area contributed by atoms with Gasteiger partial charge in [-0.05, 0) is 37.5 Å². The van der Waals surface area contributed by atoms with Crippen molar-refractivity contribution in [2.45, 2.75) is 57.4 Å². The maximum Gasteiger partial charge on any atom is 0.156 e. The van der Waals surface area contributed by atoms with Gasteiger partial charge >= 0.3 is 0 Å². The molecule has 17 heavy (non-hydrogen) atoms. The standard InChI is InChI=1S/C14H24N2S/c1-2-5-11(6-3-1)9-15-14-16-13-8-4-7-12(13)10-17-14/h11-13H,1-10H2,(H,15,16). The Labute approximate surface area is 109 Å². The second-order valence-corrected chi connectivity index (χ2v) is 6.91. The zero-order valence-electron chi connectivity index (χ0n) is 10.7. The average molecular weight is 252 g/mol. The Morgan fingerprint density at radius 3 is 2.82 bits per heavy atom. The first kappa shape index (κ1) is 11.9. The Morgan fingerprint density at radius 1 is 1.06 bits per heavy atom. The highest BCUT2D eigenvalue weighted by Crippen LogP contribution is 2.33. The van der Waals surface area contributed by atoms with Crippen molar-refractivity contribution >= 4 is 16.9 Å². The third kappa shape index (κ3) is 2.98. The molecule has 1 saturated heterocycles. The molecule has 0 aromatic heterocycles. The van der Waals surface area contributed by atoms with Crippen molar-refractivity contribution in [1.29, 1.82) is 0 Å². The van der Waals surface area contributed by atoms with Crippen LogP contribution in [0.5, 0.6) is 0 Å². The quantitative estimate of drug-likeness (QED) is 0.814. The molecule has 0 aromatic carbocycles. The second kappa shape index (κ2) is 5.64. The Morgan fingerprint density at radius 2 is 1.94 bits per heavy atom. The zero-order valence-corrected chi connectivity index (χ0v) is 11.5. The van der Waals surface area contributed by atoms with E-state index >= 15 is 0 Å². The molecule has 1 heterocycles. The molecule has 2 saturated carbocycles. The van der Waals surface area contributed by atoms with Crippen LogP contribution >= 0.6 is 11.8 Å². The number of fused-ring (bicyclic) bond motifs is 1. The van der Waals surface area contributed by atoms with Crippen LogP contribution in [0.3, 0.4) is 0 Å². The van der Waals surface area contributed by atoms with Crippen molar-refractivity contribution in [3.8, 4) is 0 Å². The van der Waals surface area contributed by atoms with Gasteiger partial charge < -0.3 is 5.32 Å². The van der Waals surface area contributed by atoms with E-state index in [4.69, 9.17) is 4.99 Å². The van der Waals surface area contributed by atoms with Crippen molar-refractivity contribution in [2.24, 2.45) is 16.8 Å². The average Bonchev–Trinajstić information content (AvgIpc) is 2.85. The highest BCUT2D eigenvalue weighted by Gasteiger charge is 2.32. The van der Waals surface area contributed by atoms with Gasteiger partial charge in [0.15, 0.2) is 5.17 Å². The number of rotatable bonds is 2. The Kier molecular flexibility index (Phi) is 3.94. The summed E-state index contributed by atoms with van der Waals surface area (Å²) in [5.41, 5.74) is 0. The largest absolute Gasteiger partial charge is 0.362 e. The summed E-state index contributed by atoms with van der Waals surface area (Å²) < 4.78 is 0. The van der Waals surface area contributed by atoms with Gasteiger partial charge in [-0.25, -0.2) is 0 Å². The molecule has 2 aliphatic carbocycles. The van der Waals surface area contributed by atoms with E-state index in [1.807, 2.05) is 11.8 Å². The number of hydrogen-bond acceptors (Lipinski definition) is 2. The van der Waals surface area contributed by atoms with Gasteiger partial charge in [0.05, 0.1) is 0 Å². The molecule has 3 aliphatic rings. The SMILES string of the molecule is C1CCC(CN=C2NC3CCCC3CS2)CC1. The van der Waals surface area contributed by atoms with Gasteiger partial charge in [-0.15, -0.1) is 0 Å². The number of aliphatic imine (C=N–C) groups is 1. The lowest BCUT2D eigenvalue weighted by atomic mass is 9.89. The van der Waals surface area contributed by atoms with E-state index in [-0.39, 0.29) is 0 Å². The topological polar surface area (TPSA) is 24.4 Å². The minimum absolute atomic E-state index is 0.751. The van der Waals surface area contributed by atoms with E-state index in [1.165, 1.54) is 62.3 Å². The van der Waals surface area contributed by atoms with E-state index < -0.39 is 0 Å². The van der Waals surface area contributed by atoms with Crippen LogP contribution in [0.2, 0.25) is 0 Å². The van der Waals surface area contributed by atoms with E-state index in [2.05, 4.69) is 5.32 Å². The van der Waals surface area contributed by atoms with Crippen LogP contribution in [0, 0.1) is 11.8 Å². The molecule has 0 amide bonds. The minimum atomic E-state index is 0.751. The normalized spacial score (nSPS) is 36.8. The summed E-state index contributed by atoms with van der Waals surface area (Å²) in [4.78, 5) is 4.84. The number of amidine groups is 1. The number of thioether (sulfide) groups is 1. The molecule has 0 bridgehead atoms. The third-order valence-electron chi connectivity index (χ3n) is 4.62. The van der Waals surface area contributed by atoms with Gasteiger partial charge in [0.25, 0.3) is 0 Å². The first-order valence-corrected chi connectivity index (χ1v) is 8.34. The van der Waals surface area contributed by atoms with Crippen molar-refractivity contribution in [2.75, 3.05) is 12.3 Å². The maximum atomic E-state index is 4.84. The van der Waals surface area contributed by atoms with Crippen LogP contribution in [-0.2, 0) is 0 Å². The number of nitrogens with zero attached hydrogens (tertiary/aromatic N) is 1. The van der Waals surface area contributed by atoms with Crippen LogP contribution in [0.15, 0.2) is 4.99 Å². The van der Waals surface area contributed by atoms with Gasteiger partial charge in [-0.1, -0.05) is 37.4 Å². The Balaban J connectivity index is 1.50. The molecule has 2 atom stereocenters. The van der Waals surface area contributed by atoms with Crippen LogP contribution in [0.1, 0.15) is 51.4 Å². The fourth-order valence-electron chi connectivity index (χ4n) is 3.49. The van der Waals surface area contributed by atoms with Gasteiger partial charge in [-0.2, -0.15) is 0 Å². The molecule has 96 valence electrons. The molecule has 2 unspecified atom stereocenters. The van der Waals surface area contributed by atoms with Gasteiger partial charge in [-0.3, -0.25) is 4.99 Å². The summed E-state index contributed by atoms with van der Waals surface area (Å²) in [6.45, 7) is 1.08. The summed E-state index contributed by atoms with van der Waals surface area (Å²) in [7, 11) is 0. The molecule has 0 spiro atoms. The lowest BCUT2D eigenvalue weighted by Gasteiger charge is -2.28. The van der Waals surface area contributed by atoms with Crippen LogP contribution in [0.25, 0.3) is 0 Å². The molecule has 2 nitrogen and oxygen atoms in total. The van der Waals surface area contributed by atoms with E-state index in [0.29, 0.717) is 0 Å². The second-order valence-electron chi connectivity index (χ2n) is 5.90. The maximum absolute atomic E-state index is 4.84. The summed E-state index contributed by atoms with van der Waals surface area (Å²) in [6, 6.07) is 0.751. The predicted molar refractivity (Wildman–Crippen MR) is 75.6 cm³/mol. The monoisotopic (exact) mass is 252 g/mol. The molecule has 1 N–H and O–H groups in total. The van der Waals surface area contributed by atoms with Gasteiger partial charge in [0.1, 0.15) is 0 Å². The van der Waals surface area contributed by atoms with Crippen molar-refractivity contribution in [3.05, 3.63) is 0 Å². The van der Waals surface area contributed by atoms with Crippen LogP contribution in [-0.4, -0.2) is 23.5 Å². The fraction of sp³-hybridized carbons (Fsp3) is 0.929. The van der Waals surface area contributed by atoms with E-state index in [9.17, 15) is 0 Å². The number of nitrogens with one attached hydrogen (secondary N) is 1. The molecule has 3 fully saturated rings. The lowest BCUT2D eigenvalue weighted by molar-refractivity contribution is 0.366. The third-order valence-corrected chi connectivity index (χ3v) is 5.74. The molecular formula is C14H24N2S. The number of hydrogen-bond donors (Lipinski definition) is 1. The van der Waals surface area contributed by atoms with E-state index in [1.54, 1.807) is 0 Å². The summed E-state index contributed by atoms with van der Waals surface area (Å²) in [5, 5.41) is 4.92. The Hall–Kier alpha value is -0.180. The molecule has 3 heteroatoms. The van der Waals surface area contributed by atoms with Gasteiger partial charge in [0, 0.05) is 18.3 Å². The molecule has 3 rings (SSSR count). The van der Waals surface area contributed by atoms with E-state index in [0.717, 1.165) is 24.4 Å². The summed E-state index contributed by atoms with van der Waals surface area (Å²) in [5.74, 6) is 3.11. The summed E-state index contributed by atoms with van der Waals surface area (Å²) in [6.07, 6.45) is 11.3. The van der Waals surface area contributed by atoms with Crippen molar-refractivity contribution in [1.82, 2.24) is 5.32 Å². The highest BCUT2D eigenvalue weighted by molar-refractivity contribution is 8.13. The lowest BCUT2D eigenvalue weighted by Crippen LogP contribution is -2.41. The predicted octanol–water partition coefficient (Wildman–Crippen LogP) is 3.43. The van der Waals surface area contributed by atoms with Crippen LogP contribution in [0.4, 0.5) is 0 Å². The molecule has 0 aromatic rings. The highest BCUT2D eigenvalue weighted by atomic mass is 32.2. The van der Waals surface area contributed by atoms with Crippen LogP contribution < -0.4 is 5.32 Å². The smallest absolute Gasteiger partial charge is 0.156 e. The molecule has 0 radical (unpaired) electrons. The first-order chi connectivity index (χ1) is 8.42. The van der Waals surface area contributed by atoms with Gasteiger partial charge in [0.2, 0.25) is 0 Å². The molecular weight excluding hydrogens is 228 g/mol.